The Labute approximate surface area is 120 Å². The summed E-state index contributed by atoms with van der Waals surface area (Å²) < 4.78 is 25.8. The Morgan fingerprint density at radius 3 is 2.33 bits per heavy atom. The third-order valence-electron chi connectivity index (χ3n) is 2.60. The van der Waals surface area contributed by atoms with Gasteiger partial charge in [-0.05, 0) is 18.2 Å². The highest BCUT2D eigenvalue weighted by molar-refractivity contribution is 7.90. The maximum atomic E-state index is 12.0. The van der Waals surface area contributed by atoms with Gasteiger partial charge in [-0.15, -0.1) is 0 Å². The smallest absolute Gasteiger partial charge is 0.268 e. The number of nitrogens with one attached hydrogen (secondary N) is 1. The molecule has 0 aliphatic rings. The molecule has 0 saturated heterocycles. The zero-order valence-corrected chi connectivity index (χ0v) is 11.4. The summed E-state index contributed by atoms with van der Waals surface area (Å²) in [5, 5.41) is 10.6. The molecule has 0 atom stereocenters. The van der Waals surface area contributed by atoms with E-state index in [1.165, 1.54) is 42.5 Å². The number of rotatable bonds is 4. The number of benzene rings is 2. The second kappa shape index (κ2) is 5.71. The summed E-state index contributed by atoms with van der Waals surface area (Å²) in [4.78, 5) is 21.8. The number of hydrogen-bond acceptors (Lipinski definition) is 5. The summed E-state index contributed by atoms with van der Waals surface area (Å²) in [5.74, 6) is -0.928. The molecule has 2 aromatic carbocycles. The number of hydrogen-bond donors (Lipinski definition) is 1. The first kappa shape index (κ1) is 14.7. The van der Waals surface area contributed by atoms with Crippen molar-refractivity contribution in [1.82, 2.24) is 4.72 Å². The van der Waals surface area contributed by atoms with Gasteiger partial charge in [0.25, 0.3) is 21.6 Å². The Balaban J connectivity index is 2.26. The van der Waals surface area contributed by atoms with Crippen molar-refractivity contribution < 1.29 is 18.1 Å². The molecule has 0 saturated carbocycles. The van der Waals surface area contributed by atoms with E-state index < -0.39 is 20.9 Å². The SMILES string of the molecule is O=C(NS(=O)(=O)c1ccccc1)c1cccc([N+](=O)[O-])c1. The Kier molecular flexibility index (Phi) is 3.99. The van der Waals surface area contributed by atoms with Crippen molar-refractivity contribution in [2.75, 3.05) is 0 Å². The van der Waals surface area contributed by atoms with E-state index in [9.17, 15) is 23.3 Å². The Hall–Kier alpha value is -2.74. The van der Waals surface area contributed by atoms with Crippen molar-refractivity contribution in [3.63, 3.8) is 0 Å². The number of nitro benzene ring substituents is 1. The number of amides is 1. The predicted octanol–water partition coefficient (Wildman–Crippen LogP) is 1.71. The highest BCUT2D eigenvalue weighted by Crippen LogP contribution is 2.14. The van der Waals surface area contributed by atoms with E-state index in [1.807, 2.05) is 4.72 Å². The molecule has 2 aromatic rings. The van der Waals surface area contributed by atoms with Crippen molar-refractivity contribution in [3.8, 4) is 0 Å². The Morgan fingerprint density at radius 1 is 1.05 bits per heavy atom. The summed E-state index contributed by atoms with van der Waals surface area (Å²) in [5.41, 5.74) is -0.400. The molecular weight excluding hydrogens is 296 g/mol. The number of sulfonamides is 1. The van der Waals surface area contributed by atoms with Crippen LogP contribution in [0.5, 0.6) is 0 Å². The van der Waals surface area contributed by atoms with Crippen LogP contribution in [0.15, 0.2) is 59.5 Å². The van der Waals surface area contributed by atoms with Crippen LogP contribution in [-0.2, 0) is 10.0 Å². The van der Waals surface area contributed by atoms with Crippen molar-refractivity contribution in [3.05, 3.63) is 70.3 Å². The van der Waals surface area contributed by atoms with E-state index in [0.29, 0.717) is 0 Å². The van der Waals surface area contributed by atoms with Crippen molar-refractivity contribution in [2.24, 2.45) is 0 Å². The summed E-state index contributed by atoms with van der Waals surface area (Å²) in [7, 11) is -4.01. The van der Waals surface area contributed by atoms with Gasteiger partial charge in [0.15, 0.2) is 0 Å². The molecule has 2 rings (SSSR count). The molecule has 0 aliphatic heterocycles. The second-order valence-electron chi connectivity index (χ2n) is 4.06. The highest BCUT2D eigenvalue weighted by Gasteiger charge is 2.19. The molecule has 0 unspecified atom stereocenters. The topological polar surface area (TPSA) is 106 Å². The van der Waals surface area contributed by atoms with Crippen LogP contribution >= 0.6 is 0 Å². The van der Waals surface area contributed by atoms with Crippen LogP contribution < -0.4 is 4.72 Å². The molecule has 0 heterocycles. The molecule has 7 nitrogen and oxygen atoms in total. The van der Waals surface area contributed by atoms with E-state index in [4.69, 9.17) is 0 Å². The van der Waals surface area contributed by atoms with Crippen LogP contribution in [0.1, 0.15) is 10.4 Å². The molecule has 0 aliphatic carbocycles. The van der Waals surface area contributed by atoms with Gasteiger partial charge in [-0.2, -0.15) is 0 Å². The molecule has 0 bridgehead atoms. The van der Waals surface area contributed by atoms with Gasteiger partial charge >= 0.3 is 0 Å². The number of non-ortho nitro benzene ring substituents is 1. The summed E-state index contributed by atoms with van der Waals surface area (Å²) in [6, 6.07) is 12.2. The highest BCUT2D eigenvalue weighted by atomic mass is 32.2. The zero-order chi connectivity index (χ0) is 15.5. The minimum absolute atomic E-state index is 0.0659. The normalized spacial score (nSPS) is 10.9. The van der Waals surface area contributed by atoms with Gasteiger partial charge in [0.05, 0.1) is 9.82 Å². The average molecular weight is 306 g/mol. The first-order chi connectivity index (χ1) is 9.90. The average Bonchev–Trinajstić information content (AvgIpc) is 2.48. The van der Waals surface area contributed by atoms with Crippen LogP contribution in [0, 0.1) is 10.1 Å². The third-order valence-corrected chi connectivity index (χ3v) is 3.95. The largest absolute Gasteiger partial charge is 0.270 e. The molecule has 0 radical (unpaired) electrons. The lowest BCUT2D eigenvalue weighted by atomic mass is 10.2. The molecular formula is C13H10N2O5S. The third kappa shape index (κ3) is 3.42. The molecule has 0 spiro atoms. The fourth-order valence-corrected chi connectivity index (χ4v) is 2.60. The van der Waals surface area contributed by atoms with Gasteiger partial charge < -0.3 is 0 Å². The second-order valence-corrected chi connectivity index (χ2v) is 5.74. The lowest BCUT2D eigenvalue weighted by Gasteiger charge is -2.06. The van der Waals surface area contributed by atoms with Gasteiger partial charge in [0.2, 0.25) is 0 Å². The van der Waals surface area contributed by atoms with Crippen molar-refractivity contribution in [1.29, 1.82) is 0 Å². The monoisotopic (exact) mass is 306 g/mol. The van der Waals surface area contributed by atoms with E-state index in [0.717, 1.165) is 6.07 Å². The number of nitro groups is 1. The standard InChI is InChI=1S/C13H10N2O5S/c16-13(10-5-4-6-11(9-10)15(17)18)14-21(19,20)12-7-2-1-3-8-12/h1-9H,(H,14,16). The van der Waals surface area contributed by atoms with Crippen LogP contribution in [0.25, 0.3) is 0 Å². The minimum atomic E-state index is -4.01. The maximum Gasteiger partial charge on any atom is 0.270 e. The van der Waals surface area contributed by atoms with E-state index in [2.05, 4.69) is 0 Å². The van der Waals surface area contributed by atoms with Crippen molar-refractivity contribution in [2.45, 2.75) is 4.90 Å². The molecule has 1 N–H and O–H groups in total. The summed E-state index contributed by atoms with van der Waals surface area (Å²) in [6.45, 7) is 0. The zero-order valence-electron chi connectivity index (χ0n) is 10.6. The maximum absolute atomic E-state index is 12.0. The van der Waals surface area contributed by atoms with Gasteiger partial charge in [-0.3, -0.25) is 14.9 Å². The van der Waals surface area contributed by atoms with Crippen LogP contribution in [0.2, 0.25) is 0 Å². The Bertz CT molecular complexity index is 787. The first-order valence-corrected chi connectivity index (χ1v) is 7.25. The summed E-state index contributed by atoms with van der Waals surface area (Å²) >= 11 is 0. The lowest BCUT2D eigenvalue weighted by molar-refractivity contribution is -0.384. The fourth-order valence-electron chi connectivity index (χ4n) is 1.60. The van der Waals surface area contributed by atoms with Crippen molar-refractivity contribution >= 4 is 21.6 Å². The number of carbonyl (C=O) groups is 1. The summed E-state index contributed by atoms with van der Waals surface area (Å²) in [6.07, 6.45) is 0. The molecule has 8 heteroatoms. The minimum Gasteiger partial charge on any atom is -0.268 e. The predicted molar refractivity (Wildman–Crippen MR) is 74.2 cm³/mol. The number of carbonyl (C=O) groups excluding carboxylic acids is 1. The van der Waals surface area contributed by atoms with Crippen LogP contribution in [0.3, 0.4) is 0 Å². The van der Waals surface area contributed by atoms with Crippen LogP contribution in [0.4, 0.5) is 5.69 Å². The van der Waals surface area contributed by atoms with E-state index in [1.54, 1.807) is 6.07 Å². The molecule has 1 amide bonds. The lowest BCUT2D eigenvalue weighted by Crippen LogP contribution is -2.30. The quantitative estimate of drug-likeness (QED) is 0.683. The van der Waals surface area contributed by atoms with Crippen LogP contribution in [-0.4, -0.2) is 19.2 Å². The number of nitrogens with zero attached hydrogens (tertiary/aromatic N) is 1. The molecule has 0 fully saturated rings. The van der Waals surface area contributed by atoms with Gasteiger partial charge in [-0.1, -0.05) is 24.3 Å². The van der Waals surface area contributed by atoms with E-state index in [-0.39, 0.29) is 16.1 Å². The molecule has 108 valence electrons. The van der Waals surface area contributed by atoms with E-state index >= 15 is 0 Å². The van der Waals surface area contributed by atoms with Gasteiger partial charge in [0.1, 0.15) is 0 Å². The van der Waals surface area contributed by atoms with Gasteiger partial charge in [-0.25, -0.2) is 13.1 Å². The first-order valence-electron chi connectivity index (χ1n) is 5.77. The Morgan fingerprint density at radius 2 is 1.71 bits per heavy atom. The molecule has 21 heavy (non-hydrogen) atoms. The van der Waals surface area contributed by atoms with Gasteiger partial charge in [0, 0.05) is 17.7 Å². The fraction of sp³-hybridized carbons (Fsp3) is 0. The molecule has 0 aromatic heterocycles.